The number of anilines is 1. The Morgan fingerprint density at radius 1 is 1.26 bits per heavy atom. The van der Waals surface area contributed by atoms with Gasteiger partial charge >= 0.3 is 24.1 Å². The molecule has 2 heterocycles. The number of hydrogen-bond acceptors (Lipinski definition) is 5. The summed E-state index contributed by atoms with van der Waals surface area (Å²) in [5.41, 5.74) is 0.692. The first-order chi connectivity index (χ1) is 12.7. The minimum absolute atomic E-state index is 0.127. The first kappa shape index (κ1) is 18.7. The maximum atomic E-state index is 12.5. The van der Waals surface area contributed by atoms with Crippen LogP contribution in [0.25, 0.3) is 11.4 Å². The molecule has 3 rings (SSSR count). The number of carbonyl (C=O) groups is 2. The fourth-order valence-electron chi connectivity index (χ4n) is 2.72. The van der Waals surface area contributed by atoms with Crippen molar-refractivity contribution in [2.24, 2.45) is 5.92 Å². The molecular weight excluding hydrogens is 369 g/mol. The Morgan fingerprint density at radius 2 is 1.96 bits per heavy atom. The number of likely N-dealkylation sites (tertiary alicyclic amines) is 1. The number of rotatable bonds is 3. The molecule has 1 aliphatic heterocycles. The molecule has 2 aromatic rings. The normalized spacial score (nSPS) is 17.6. The van der Waals surface area contributed by atoms with Gasteiger partial charge in [-0.2, -0.15) is 18.2 Å². The highest BCUT2D eigenvalue weighted by Crippen LogP contribution is 2.29. The molecule has 144 valence electrons. The first-order valence-corrected chi connectivity index (χ1v) is 8.04. The van der Waals surface area contributed by atoms with Gasteiger partial charge in [0.25, 0.3) is 0 Å². The van der Waals surface area contributed by atoms with Crippen LogP contribution in [0.15, 0.2) is 28.8 Å². The third-order valence-corrected chi connectivity index (χ3v) is 4.12. The van der Waals surface area contributed by atoms with E-state index in [-0.39, 0.29) is 17.9 Å². The average Bonchev–Trinajstić information content (AvgIpc) is 3.13. The van der Waals surface area contributed by atoms with Crippen LogP contribution in [0.5, 0.6) is 0 Å². The van der Waals surface area contributed by atoms with E-state index in [9.17, 15) is 22.8 Å². The summed E-state index contributed by atoms with van der Waals surface area (Å²) in [4.78, 5) is 28.0. The number of aromatic nitrogens is 2. The SMILES string of the molecule is O=C(O)C1CCCN(C(=O)Nc2ccc(-c3noc(C(F)(F)F)n3)cc2)C1. The summed E-state index contributed by atoms with van der Waals surface area (Å²) in [6.07, 6.45) is -3.59. The number of alkyl halides is 3. The number of carbonyl (C=O) groups excluding carboxylic acids is 1. The molecule has 2 N–H and O–H groups in total. The van der Waals surface area contributed by atoms with E-state index >= 15 is 0 Å². The molecule has 0 spiro atoms. The largest absolute Gasteiger partial charge is 0.481 e. The Morgan fingerprint density at radius 3 is 2.56 bits per heavy atom. The van der Waals surface area contributed by atoms with Crippen molar-refractivity contribution in [3.8, 4) is 11.4 Å². The zero-order valence-corrected chi connectivity index (χ0v) is 13.9. The number of carboxylic acid groups (broad SMARTS) is 1. The van der Waals surface area contributed by atoms with Gasteiger partial charge in [0, 0.05) is 24.3 Å². The quantitative estimate of drug-likeness (QED) is 0.842. The van der Waals surface area contributed by atoms with Crippen molar-refractivity contribution < 1.29 is 32.4 Å². The summed E-state index contributed by atoms with van der Waals surface area (Å²) in [6, 6.07) is 5.41. The van der Waals surface area contributed by atoms with Gasteiger partial charge in [-0.15, -0.1) is 0 Å². The van der Waals surface area contributed by atoms with Crippen molar-refractivity contribution in [1.29, 1.82) is 0 Å². The molecule has 27 heavy (non-hydrogen) atoms. The van der Waals surface area contributed by atoms with Crippen molar-refractivity contribution in [2.45, 2.75) is 19.0 Å². The van der Waals surface area contributed by atoms with Gasteiger partial charge in [0.15, 0.2) is 0 Å². The number of hydrogen-bond donors (Lipinski definition) is 2. The standard InChI is InChI=1S/C16H15F3N4O4/c17-16(18,19)14-21-12(22-27-14)9-3-5-11(6-4-9)20-15(26)23-7-1-2-10(8-23)13(24)25/h3-6,10H,1-2,7-8H2,(H,20,26)(H,24,25). The minimum atomic E-state index is -4.72. The summed E-state index contributed by atoms with van der Waals surface area (Å²) in [6.45, 7) is 0.582. The average molecular weight is 384 g/mol. The lowest BCUT2D eigenvalue weighted by atomic mass is 9.99. The summed E-state index contributed by atoms with van der Waals surface area (Å²) in [5.74, 6) is -3.18. The van der Waals surface area contributed by atoms with Gasteiger partial charge in [-0.25, -0.2) is 4.79 Å². The second-order valence-electron chi connectivity index (χ2n) is 6.05. The molecule has 1 aromatic heterocycles. The minimum Gasteiger partial charge on any atom is -0.481 e. The Balaban J connectivity index is 1.64. The number of urea groups is 1. The smallest absolute Gasteiger partial charge is 0.471 e. The van der Waals surface area contributed by atoms with E-state index in [4.69, 9.17) is 5.11 Å². The fourth-order valence-corrected chi connectivity index (χ4v) is 2.72. The van der Waals surface area contributed by atoms with Gasteiger partial charge in [-0.3, -0.25) is 4.79 Å². The number of aliphatic carboxylic acids is 1. The molecular formula is C16H15F3N4O4. The van der Waals surface area contributed by atoms with Crippen molar-refractivity contribution in [2.75, 3.05) is 18.4 Å². The summed E-state index contributed by atoms with van der Waals surface area (Å²) in [5, 5.41) is 15.0. The lowest BCUT2D eigenvalue weighted by Crippen LogP contribution is -2.44. The number of amides is 2. The third-order valence-electron chi connectivity index (χ3n) is 4.12. The molecule has 1 fully saturated rings. The van der Waals surface area contributed by atoms with E-state index in [1.165, 1.54) is 29.2 Å². The molecule has 0 radical (unpaired) electrons. The maximum Gasteiger partial charge on any atom is 0.471 e. The lowest BCUT2D eigenvalue weighted by Gasteiger charge is -2.30. The lowest BCUT2D eigenvalue weighted by molar-refractivity contribution is -0.159. The predicted molar refractivity (Wildman–Crippen MR) is 85.7 cm³/mol. The number of piperidine rings is 1. The molecule has 1 aromatic carbocycles. The Labute approximate surface area is 151 Å². The number of carboxylic acids is 1. The van der Waals surface area contributed by atoms with E-state index in [1.807, 2.05) is 0 Å². The summed E-state index contributed by atoms with van der Waals surface area (Å²) >= 11 is 0. The van der Waals surface area contributed by atoms with Gasteiger partial charge in [0.1, 0.15) is 0 Å². The second kappa shape index (κ2) is 7.25. The summed E-state index contributed by atoms with van der Waals surface area (Å²) < 4.78 is 41.7. The second-order valence-corrected chi connectivity index (χ2v) is 6.05. The van der Waals surface area contributed by atoms with Crippen LogP contribution in [-0.2, 0) is 11.0 Å². The molecule has 2 amide bonds. The predicted octanol–water partition coefficient (Wildman–Crippen LogP) is 3.08. The van der Waals surface area contributed by atoms with Crippen LogP contribution in [0.4, 0.5) is 23.7 Å². The van der Waals surface area contributed by atoms with Crippen molar-refractivity contribution >= 4 is 17.7 Å². The third kappa shape index (κ3) is 4.36. The Bertz CT molecular complexity index is 835. The van der Waals surface area contributed by atoms with E-state index in [0.717, 1.165) is 0 Å². The Hall–Kier alpha value is -3.11. The van der Waals surface area contributed by atoms with Crippen molar-refractivity contribution in [3.63, 3.8) is 0 Å². The van der Waals surface area contributed by atoms with E-state index in [2.05, 4.69) is 20.0 Å². The van der Waals surface area contributed by atoms with Crippen LogP contribution in [0.1, 0.15) is 18.7 Å². The molecule has 0 aliphatic carbocycles. The monoisotopic (exact) mass is 384 g/mol. The highest BCUT2D eigenvalue weighted by molar-refractivity contribution is 5.90. The molecule has 0 saturated carbocycles. The van der Waals surface area contributed by atoms with E-state index in [1.54, 1.807) is 0 Å². The van der Waals surface area contributed by atoms with Crippen LogP contribution >= 0.6 is 0 Å². The molecule has 1 atom stereocenters. The van der Waals surface area contributed by atoms with Crippen LogP contribution in [0, 0.1) is 5.92 Å². The zero-order valence-electron chi connectivity index (χ0n) is 13.9. The van der Waals surface area contributed by atoms with Gasteiger partial charge < -0.3 is 19.8 Å². The van der Waals surface area contributed by atoms with Gasteiger partial charge in [-0.05, 0) is 37.1 Å². The topological polar surface area (TPSA) is 109 Å². The van der Waals surface area contributed by atoms with Crippen LogP contribution in [0.2, 0.25) is 0 Å². The summed E-state index contributed by atoms with van der Waals surface area (Å²) in [7, 11) is 0. The molecule has 1 aliphatic rings. The van der Waals surface area contributed by atoms with Gasteiger partial charge in [-0.1, -0.05) is 5.16 Å². The highest BCUT2D eigenvalue weighted by Gasteiger charge is 2.38. The number of benzene rings is 1. The van der Waals surface area contributed by atoms with Gasteiger partial charge in [0.05, 0.1) is 5.92 Å². The Kier molecular flexibility index (Phi) is 5.02. The van der Waals surface area contributed by atoms with E-state index in [0.29, 0.717) is 25.1 Å². The van der Waals surface area contributed by atoms with Crippen molar-refractivity contribution in [1.82, 2.24) is 15.0 Å². The number of halogens is 3. The van der Waals surface area contributed by atoms with Crippen LogP contribution in [0.3, 0.4) is 0 Å². The fraction of sp³-hybridized carbons (Fsp3) is 0.375. The molecule has 1 saturated heterocycles. The van der Waals surface area contributed by atoms with E-state index < -0.39 is 30.0 Å². The highest BCUT2D eigenvalue weighted by atomic mass is 19.4. The van der Waals surface area contributed by atoms with Crippen molar-refractivity contribution in [3.05, 3.63) is 30.2 Å². The first-order valence-electron chi connectivity index (χ1n) is 8.04. The van der Waals surface area contributed by atoms with Crippen LogP contribution in [-0.4, -0.2) is 45.2 Å². The molecule has 8 nitrogen and oxygen atoms in total. The molecule has 1 unspecified atom stereocenters. The number of nitrogens with zero attached hydrogens (tertiary/aromatic N) is 3. The maximum absolute atomic E-state index is 12.5. The molecule has 11 heteroatoms. The molecule has 0 bridgehead atoms. The number of nitrogens with one attached hydrogen (secondary N) is 1. The van der Waals surface area contributed by atoms with Crippen LogP contribution < -0.4 is 5.32 Å². The zero-order chi connectivity index (χ0) is 19.6. The van der Waals surface area contributed by atoms with Gasteiger partial charge in [0.2, 0.25) is 5.82 Å².